The third kappa shape index (κ3) is 0.678. The lowest BCUT2D eigenvalue weighted by Crippen LogP contribution is -2.17. The van der Waals surface area contributed by atoms with E-state index in [-0.39, 0.29) is 11.8 Å². The van der Waals surface area contributed by atoms with Gasteiger partial charge in [-0.2, -0.15) is 0 Å². The van der Waals surface area contributed by atoms with E-state index in [4.69, 9.17) is 5.73 Å². The molecule has 10 heavy (non-hydrogen) atoms. The van der Waals surface area contributed by atoms with Crippen LogP contribution < -0.4 is 5.73 Å². The van der Waals surface area contributed by atoms with Gasteiger partial charge in [0.1, 0.15) is 0 Å². The first-order valence-corrected chi connectivity index (χ1v) is 3.99. The molecule has 2 saturated carbocycles. The van der Waals surface area contributed by atoms with E-state index in [9.17, 15) is 4.79 Å². The van der Waals surface area contributed by atoms with Gasteiger partial charge in [0.2, 0.25) is 5.91 Å². The minimum atomic E-state index is -0.0677. The van der Waals surface area contributed by atoms with Crippen molar-refractivity contribution in [3.63, 3.8) is 0 Å². The van der Waals surface area contributed by atoms with Crippen LogP contribution in [0.4, 0.5) is 0 Å². The van der Waals surface area contributed by atoms with Gasteiger partial charge in [-0.15, -0.1) is 0 Å². The standard InChI is InChI=1S/C8H13NO/c1-4-2-5-6(3-4)7(5)8(9)10/h4-7H,2-3H2,1H3,(H2,9,10)/t4?,5-,6+,7?. The molecule has 0 aromatic heterocycles. The zero-order chi connectivity index (χ0) is 7.30. The maximum Gasteiger partial charge on any atom is 0.221 e. The quantitative estimate of drug-likeness (QED) is 0.572. The zero-order valence-electron chi connectivity index (χ0n) is 6.21. The minimum Gasteiger partial charge on any atom is -0.369 e. The van der Waals surface area contributed by atoms with E-state index in [0.717, 1.165) is 5.92 Å². The average molecular weight is 139 g/mol. The Morgan fingerprint density at radius 2 is 1.90 bits per heavy atom. The lowest BCUT2D eigenvalue weighted by molar-refractivity contribution is -0.120. The molecule has 2 aliphatic rings. The molecule has 0 spiro atoms. The van der Waals surface area contributed by atoms with Crippen molar-refractivity contribution in [2.24, 2.45) is 29.4 Å². The Kier molecular flexibility index (Phi) is 1.08. The van der Waals surface area contributed by atoms with Crippen LogP contribution in [0.5, 0.6) is 0 Å². The second kappa shape index (κ2) is 1.74. The van der Waals surface area contributed by atoms with Crippen LogP contribution in [-0.4, -0.2) is 5.91 Å². The average Bonchev–Trinajstić information content (AvgIpc) is 2.32. The van der Waals surface area contributed by atoms with Crippen LogP contribution in [0.25, 0.3) is 0 Å². The highest BCUT2D eigenvalue weighted by atomic mass is 16.1. The second-order valence-corrected chi connectivity index (χ2v) is 3.83. The van der Waals surface area contributed by atoms with Crippen LogP contribution >= 0.6 is 0 Å². The summed E-state index contributed by atoms with van der Waals surface area (Å²) in [6.07, 6.45) is 2.47. The highest BCUT2D eigenvalue weighted by Gasteiger charge is 2.57. The molecule has 2 N–H and O–H groups in total. The molecule has 0 aliphatic heterocycles. The molecule has 0 saturated heterocycles. The lowest BCUT2D eigenvalue weighted by atomic mass is 10.0. The molecular weight excluding hydrogens is 126 g/mol. The molecule has 4 atom stereocenters. The van der Waals surface area contributed by atoms with Gasteiger partial charge in [0.25, 0.3) is 0 Å². The molecule has 56 valence electrons. The predicted molar refractivity (Wildman–Crippen MR) is 38.1 cm³/mol. The fraction of sp³-hybridized carbons (Fsp3) is 0.875. The van der Waals surface area contributed by atoms with Crippen LogP contribution in [0.2, 0.25) is 0 Å². The van der Waals surface area contributed by atoms with Crippen molar-refractivity contribution in [2.45, 2.75) is 19.8 Å². The largest absolute Gasteiger partial charge is 0.369 e. The fourth-order valence-corrected chi connectivity index (χ4v) is 2.54. The molecule has 2 aliphatic carbocycles. The van der Waals surface area contributed by atoms with Gasteiger partial charge < -0.3 is 5.73 Å². The summed E-state index contributed by atoms with van der Waals surface area (Å²) < 4.78 is 0. The molecule has 0 aromatic rings. The molecule has 0 radical (unpaired) electrons. The number of fused-ring (bicyclic) bond motifs is 1. The summed E-state index contributed by atoms with van der Waals surface area (Å²) in [5.74, 6) is 2.38. The van der Waals surface area contributed by atoms with Crippen LogP contribution in [0.15, 0.2) is 0 Å². The van der Waals surface area contributed by atoms with Crippen LogP contribution in [0.3, 0.4) is 0 Å². The topological polar surface area (TPSA) is 43.1 Å². The van der Waals surface area contributed by atoms with Crippen molar-refractivity contribution in [3.05, 3.63) is 0 Å². The highest BCUT2D eigenvalue weighted by molar-refractivity contribution is 5.80. The van der Waals surface area contributed by atoms with Gasteiger partial charge in [-0.05, 0) is 30.6 Å². The number of rotatable bonds is 1. The van der Waals surface area contributed by atoms with E-state index < -0.39 is 0 Å². The van der Waals surface area contributed by atoms with Gasteiger partial charge in [0.05, 0.1) is 0 Å². The van der Waals surface area contributed by atoms with Gasteiger partial charge in [-0.3, -0.25) is 4.79 Å². The Balaban J connectivity index is 1.98. The number of carbonyl (C=O) groups excluding carboxylic acids is 1. The maximum atomic E-state index is 10.7. The summed E-state index contributed by atoms with van der Waals surface area (Å²) in [5, 5.41) is 0. The summed E-state index contributed by atoms with van der Waals surface area (Å²) >= 11 is 0. The second-order valence-electron chi connectivity index (χ2n) is 3.83. The molecule has 1 amide bonds. The number of carbonyl (C=O) groups is 1. The Labute approximate surface area is 60.8 Å². The first-order valence-electron chi connectivity index (χ1n) is 3.99. The van der Waals surface area contributed by atoms with Gasteiger partial charge in [-0.1, -0.05) is 6.92 Å². The van der Waals surface area contributed by atoms with E-state index in [2.05, 4.69) is 6.92 Å². The first-order chi connectivity index (χ1) is 4.70. The van der Waals surface area contributed by atoms with E-state index >= 15 is 0 Å². The molecule has 2 fully saturated rings. The lowest BCUT2D eigenvalue weighted by Gasteiger charge is -2.04. The van der Waals surface area contributed by atoms with E-state index in [0.29, 0.717) is 11.8 Å². The zero-order valence-corrected chi connectivity index (χ0v) is 6.21. The number of primary amides is 1. The number of nitrogens with two attached hydrogens (primary N) is 1. The Morgan fingerprint density at radius 1 is 1.40 bits per heavy atom. The van der Waals surface area contributed by atoms with Gasteiger partial charge in [0, 0.05) is 5.92 Å². The maximum absolute atomic E-state index is 10.7. The third-order valence-corrected chi connectivity index (χ3v) is 3.01. The summed E-state index contributed by atoms with van der Waals surface area (Å²) in [5.41, 5.74) is 5.19. The fourth-order valence-electron chi connectivity index (χ4n) is 2.54. The van der Waals surface area contributed by atoms with E-state index in [1.165, 1.54) is 12.8 Å². The summed E-state index contributed by atoms with van der Waals surface area (Å²) in [6.45, 7) is 2.25. The van der Waals surface area contributed by atoms with Crippen LogP contribution in [-0.2, 0) is 4.79 Å². The van der Waals surface area contributed by atoms with Crippen molar-refractivity contribution < 1.29 is 4.79 Å². The summed E-state index contributed by atoms with van der Waals surface area (Å²) in [7, 11) is 0. The van der Waals surface area contributed by atoms with Gasteiger partial charge >= 0.3 is 0 Å². The first kappa shape index (κ1) is 6.20. The molecule has 2 nitrogen and oxygen atoms in total. The molecule has 0 bridgehead atoms. The number of amides is 1. The molecule has 0 heterocycles. The summed E-state index contributed by atoms with van der Waals surface area (Å²) in [4.78, 5) is 10.7. The van der Waals surface area contributed by atoms with Gasteiger partial charge in [0.15, 0.2) is 0 Å². The molecule has 2 rings (SSSR count). The molecule has 2 unspecified atom stereocenters. The van der Waals surface area contributed by atoms with Crippen LogP contribution in [0.1, 0.15) is 19.8 Å². The Hall–Kier alpha value is -0.530. The monoisotopic (exact) mass is 139 g/mol. The normalized spacial score (nSPS) is 50.5. The Bertz CT molecular complexity index is 166. The third-order valence-electron chi connectivity index (χ3n) is 3.01. The Morgan fingerprint density at radius 3 is 2.30 bits per heavy atom. The molecular formula is C8H13NO. The van der Waals surface area contributed by atoms with Crippen molar-refractivity contribution in [1.82, 2.24) is 0 Å². The van der Waals surface area contributed by atoms with Crippen molar-refractivity contribution >= 4 is 5.91 Å². The number of hydrogen-bond donors (Lipinski definition) is 1. The van der Waals surface area contributed by atoms with E-state index in [1.54, 1.807) is 0 Å². The molecule has 2 heteroatoms. The van der Waals surface area contributed by atoms with Crippen molar-refractivity contribution in [1.29, 1.82) is 0 Å². The molecule has 0 aromatic carbocycles. The van der Waals surface area contributed by atoms with Crippen molar-refractivity contribution in [3.8, 4) is 0 Å². The summed E-state index contributed by atoms with van der Waals surface area (Å²) in [6, 6.07) is 0. The smallest absolute Gasteiger partial charge is 0.221 e. The highest BCUT2D eigenvalue weighted by Crippen LogP contribution is 2.59. The SMILES string of the molecule is CC1C[C@@H]2C(C(N)=O)[C@@H]2C1. The van der Waals surface area contributed by atoms with Crippen LogP contribution in [0, 0.1) is 23.7 Å². The predicted octanol–water partition coefficient (Wildman–Crippen LogP) is 0.764. The van der Waals surface area contributed by atoms with Gasteiger partial charge in [-0.25, -0.2) is 0 Å². The number of hydrogen-bond acceptors (Lipinski definition) is 1. The van der Waals surface area contributed by atoms with Crippen molar-refractivity contribution in [2.75, 3.05) is 0 Å². The minimum absolute atomic E-state index is 0.0677. The van der Waals surface area contributed by atoms with E-state index in [1.807, 2.05) is 0 Å².